The highest BCUT2D eigenvalue weighted by Crippen LogP contribution is 2.32. The van der Waals surface area contributed by atoms with Crippen molar-refractivity contribution in [1.82, 2.24) is 5.32 Å². The molecule has 2 nitrogen and oxygen atoms in total. The Balaban J connectivity index is 0.00000162. The van der Waals surface area contributed by atoms with Gasteiger partial charge in [-0.05, 0) is 36.6 Å². The van der Waals surface area contributed by atoms with Gasteiger partial charge in [0.25, 0.3) is 0 Å². The van der Waals surface area contributed by atoms with Crippen molar-refractivity contribution in [3.05, 3.63) is 34.9 Å². The van der Waals surface area contributed by atoms with Crippen molar-refractivity contribution < 1.29 is 13.9 Å². The lowest BCUT2D eigenvalue weighted by molar-refractivity contribution is -0.0120. The van der Waals surface area contributed by atoms with Crippen LogP contribution in [0, 0.1) is 0 Å². The Bertz CT molecular complexity index is 410. The SMILES string of the molecule is C[C@@H]1NCCc2c1cccc2C(O)(CF)CF.Cl. The van der Waals surface area contributed by atoms with Crippen LogP contribution in [0.2, 0.25) is 0 Å². The van der Waals surface area contributed by atoms with Crippen LogP contribution < -0.4 is 5.32 Å². The molecule has 102 valence electrons. The number of halogens is 3. The van der Waals surface area contributed by atoms with Gasteiger partial charge in [0.05, 0.1) is 0 Å². The van der Waals surface area contributed by atoms with E-state index >= 15 is 0 Å². The summed E-state index contributed by atoms with van der Waals surface area (Å²) in [5, 5.41) is 13.3. The molecule has 0 aromatic heterocycles. The van der Waals surface area contributed by atoms with Crippen molar-refractivity contribution in [2.45, 2.75) is 25.0 Å². The smallest absolute Gasteiger partial charge is 0.146 e. The van der Waals surface area contributed by atoms with E-state index in [2.05, 4.69) is 5.32 Å². The molecule has 1 atom stereocenters. The number of aliphatic hydroxyl groups is 1. The Kier molecular flexibility index (Phi) is 5.08. The molecule has 0 saturated carbocycles. The van der Waals surface area contributed by atoms with E-state index in [1.807, 2.05) is 13.0 Å². The van der Waals surface area contributed by atoms with E-state index in [1.165, 1.54) is 0 Å². The normalized spacial score (nSPS) is 19.0. The van der Waals surface area contributed by atoms with Gasteiger partial charge in [0.1, 0.15) is 19.0 Å². The Hall–Kier alpha value is -0.710. The minimum absolute atomic E-state index is 0. The molecule has 2 N–H and O–H groups in total. The van der Waals surface area contributed by atoms with Gasteiger partial charge in [-0.15, -0.1) is 12.4 Å². The summed E-state index contributed by atoms with van der Waals surface area (Å²) in [7, 11) is 0. The van der Waals surface area contributed by atoms with Crippen molar-refractivity contribution in [2.75, 3.05) is 19.9 Å². The molecule has 0 spiro atoms. The van der Waals surface area contributed by atoms with Gasteiger partial charge < -0.3 is 10.4 Å². The zero-order chi connectivity index (χ0) is 12.5. The largest absolute Gasteiger partial charge is 0.380 e. The lowest BCUT2D eigenvalue weighted by Crippen LogP contribution is -2.36. The highest BCUT2D eigenvalue weighted by molar-refractivity contribution is 5.85. The monoisotopic (exact) mass is 277 g/mol. The molecule has 1 aliphatic rings. The molecular formula is C13H18ClF2NO. The molecule has 1 aromatic rings. The predicted octanol–water partition coefficient (Wildman–Crippen LogP) is 2.44. The third-order valence-corrected chi connectivity index (χ3v) is 3.45. The van der Waals surface area contributed by atoms with E-state index < -0.39 is 19.0 Å². The summed E-state index contributed by atoms with van der Waals surface area (Å²) in [5.74, 6) is 0. The van der Waals surface area contributed by atoms with Gasteiger partial charge in [0, 0.05) is 6.04 Å². The maximum absolute atomic E-state index is 12.9. The topological polar surface area (TPSA) is 32.3 Å². The number of benzene rings is 1. The molecule has 1 heterocycles. The molecular weight excluding hydrogens is 260 g/mol. The number of nitrogens with one attached hydrogen (secondary N) is 1. The van der Waals surface area contributed by atoms with E-state index in [0.29, 0.717) is 12.0 Å². The Morgan fingerprint density at radius 1 is 1.39 bits per heavy atom. The van der Waals surface area contributed by atoms with Crippen LogP contribution in [0.1, 0.15) is 29.7 Å². The molecule has 5 heteroatoms. The summed E-state index contributed by atoms with van der Waals surface area (Å²) in [6.07, 6.45) is 0.693. The maximum atomic E-state index is 12.9. The van der Waals surface area contributed by atoms with E-state index in [-0.39, 0.29) is 18.4 Å². The van der Waals surface area contributed by atoms with Crippen LogP contribution in [0.5, 0.6) is 0 Å². The highest BCUT2D eigenvalue weighted by Gasteiger charge is 2.34. The summed E-state index contributed by atoms with van der Waals surface area (Å²) < 4.78 is 25.8. The summed E-state index contributed by atoms with van der Waals surface area (Å²) in [6.45, 7) is 0.578. The van der Waals surface area contributed by atoms with Crippen LogP contribution >= 0.6 is 12.4 Å². The summed E-state index contributed by atoms with van der Waals surface area (Å²) in [4.78, 5) is 0. The van der Waals surface area contributed by atoms with Crippen molar-refractivity contribution in [1.29, 1.82) is 0 Å². The fourth-order valence-corrected chi connectivity index (χ4v) is 2.43. The standard InChI is InChI=1S/C13H17F2NO.ClH/c1-9-10-3-2-4-12(11(10)5-6-16-9)13(17,7-14)8-15;/h2-4,9,16-17H,5-8H2,1H3;1H/t9-;/m0./s1. The fourth-order valence-electron chi connectivity index (χ4n) is 2.43. The first-order valence-corrected chi connectivity index (χ1v) is 5.82. The highest BCUT2D eigenvalue weighted by atomic mass is 35.5. The van der Waals surface area contributed by atoms with Gasteiger partial charge >= 0.3 is 0 Å². The summed E-state index contributed by atoms with van der Waals surface area (Å²) in [6, 6.07) is 5.46. The Morgan fingerprint density at radius 2 is 2.06 bits per heavy atom. The van der Waals surface area contributed by atoms with Gasteiger partial charge in [-0.1, -0.05) is 18.2 Å². The Labute approximate surface area is 112 Å². The maximum Gasteiger partial charge on any atom is 0.146 e. The van der Waals surface area contributed by atoms with E-state index in [0.717, 1.165) is 17.7 Å². The molecule has 0 fully saturated rings. The van der Waals surface area contributed by atoms with Crippen molar-refractivity contribution in [3.8, 4) is 0 Å². The molecule has 0 unspecified atom stereocenters. The average molecular weight is 278 g/mol. The minimum Gasteiger partial charge on any atom is -0.380 e. The van der Waals surface area contributed by atoms with Crippen molar-refractivity contribution in [3.63, 3.8) is 0 Å². The summed E-state index contributed by atoms with van der Waals surface area (Å²) >= 11 is 0. The number of hydrogen-bond acceptors (Lipinski definition) is 2. The van der Waals surface area contributed by atoms with E-state index in [4.69, 9.17) is 0 Å². The third kappa shape index (κ3) is 2.51. The molecule has 2 rings (SSSR count). The van der Waals surface area contributed by atoms with Crippen molar-refractivity contribution in [2.24, 2.45) is 0 Å². The first kappa shape index (κ1) is 15.3. The quantitative estimate of drug-likeness (QED) is 0.889. The second-order valence-electron chi connectivity index (χ2n) is 4.60. The van der Waals surface area contributed by atoms with Crippen LogP contribution in [0.4, 0.5) is 8.78 Å². The predicted molar refractivity (Wildman–Crippen MR) is 69.7 cm³/mol. The van der Waals surface area contributed by atoms with Gasteiger partial charge in [-0.25, -0.2) is 8.78 Å². The van der Waals surface area contributed by atoms with Gasteiger partial charge in [-0.2, -0.15) is 0 Å². The first-order valence-electron chi connectivity index (χ1n) is 5.82. The molecule has 0 amide bonds. The van der Waals surface area contributed by atoms with Crippen LogP contribution in [-0.2, 0) is 12.0 Å². The molecule has 1 aromatic carbocycles. The molecule has 0 bridgehead atoms. The summed E-state index contributed by atoms with van der Waals surface area (Å²) in [5.41, 5.74) is 0.321. The molecule has 18 heavy (non-hydrogen) atoms. The number of rotatable bonds is 3. The van der Waals surface area contributed by atoms with E-state index in [1.54, 1.807) is 12.1 Å². The fraction of sp³-hybridized carbons (Fsp3) is 0.538. The zero-order valence-electron chi connectivity index (χ0n) is 10.2. The number of fused-ring (bicyclic) bond motifs is 1. The van der Waals surface area contributed by atoms with E-state index in [9.17, 15) is 13.9 Å². The number of alkyl halides is 2. The lowest BCUT2D eigenvalue weighted by atomic mass is 9.84. The first-order chi connectivity index (χ1) is 8.12. The van der Waals surface area contributed by atoms with Gasteiger partial charge in [0.2, 0.25) is 0 Å². The molecule has 0 radical (unpaired) electrons. The Morgan fingerprint density at radius 3 is 2.67 bits per heavy atom. The van der Waals surface area contributed by atoms with Crippen LogP contribution in [0.15, 0.2) is 18.2 Å². The average Bonchev–Trinajstić information content (AvgIpc) is 2.38. The lowest BCUT2D eigenvalue weighted by Gasteiger charge is -2.31. The molecule has 1 aliphatic heterocycles. The molecule has 0 aliphatic carbocycles. The van der Waals surface area contributed by atoms with Gasteiger partial charge in [-0.3, -0.25) is 0 Å². The number of hydrogen-bond donors (Lipinski definition) is 2. The minimum atomic E-state index is -1.98. The second-order valence-corrected chi connectivity index (χ2v) is 4.60. The molecule has 0 saturated heterocycles. The third-order valence-electron chi connectivity index (χ3n) is 3.45. The van der Waals surface area contributed by atoms with Crippen LogP contribution in [0.3, 0.4) is 0 Å². The van der Waals surface area contributed by atoms with Crippen LogP contribution in [0.25, 0.3) is 0 Å². The van der Waals surface area contributed by atoms with Crippen molar-refractivity contribution >= 4 is 12.4 Å². The van der Waals surface area contributed by atoms with Crippen LogP contribution in [-0.4, -0.2) is 25.0 Å². The van der Waals surface area contributed by atoms with Gasteiger partial charge in [0.15, 0.2) is 0 Å². The second kappa shape index (κ2) is 5.95. The zero-order valence-corrected chi connectivity index (χ0v) is 11.1.